The lowest BCUT2D eigenvalue weighted by Gasteiger charge is -2.19. The fourth-order valence-electron chi connectivity index (χ4n) is 4.65. The first-order valence-corrected chi connectivity index (χ1v) is 14.7. The smallest absolute Gasteiger partial charge is 0.342 e. The van der Waals surface area contributed by atoms with Crippen LogP contribution >= 0.6 is 0 Å². The Hall–Kier alpha value is -3.18. The predicted molar refractivity (Wildman–Crippen MR) is 161 cm³/mol. The molecule has 1 aromatic heterocycles. The molecule has 0 amide bonds. The molecule has 0 aliphatic rings. The van der Waals surface area contributed by atoms with Gasteiger partial charge in [-0.05, 0) is 57.8 Å². The molecule has 0 N–H and O–H groups in total. The molecule has 0 bridgehead atoms. The molecule has 0 atom stereocenters. The van der Waals surface area contributed by atoms with Gasteiger partial charge in [-0.1, -0.05) is 88.6 Å². The number of carbonyl (C=O) groups is 2. The zero-order valence-electron chi connectivity index (χ0n) is 24.4. The van der Waals surface area contributed by atoms with Crippen LogP contribution in [0.3, 0.4) is 0 Å². The van der Waals surface area contributed by atoms with Gasteiger partial charge < -0.3 is 9.15 Å². The van der Waals surface area contributed by atoms with Crippen molar-refractivity contribution in [3.05, 3.63) is 76.6 Å². The highest BCUT2D eigenvalue weighted by Crippen LogP contribution is 2.32. The molecule has 5 heteroatoms. The number of ketones is 1. The van der Waals surface area contributed by atoms with Crippen molar-refractivity contribution in [1.82, 2.24) is 4.90 Å². The molecule has 0 spiro atoms. The highest BCUT2D eigenvalue weighted by atomic mass is 16.5. The summed E-state index contributed by atoms with van der Waals surface area (Å²) in [5, 5.41) is 0.660. The Balaban J connectivity index is 1.84. The Labute approximate surface area is 234 Å². The lowest BCUT2D eigenvalue weighted by molar-refractivity contribution is 0.0379. The third kappa shape index (κ3) is 8.40. The predicted octanol–water partition coefficient (Wildman–Crippen LogP) is 8.49. The number of nitrogens with zero attached hydrogens (tertiary/aromatic N) is 1. The topological polar surface area (TPSA) is 59.8 Å². The van der Waals surface area contributed by atoms with Gasteiger partial charge in [0.2, 0.25) is 0 Å². The summed E-state index contributed by atoms with van der Waals surface area (Å²) >= 11 is 0. The maximum absolute atomic E-state index is 13.8. The molecule has 2 aromatic carbocycles. The summed E-state index contributed by atoms with van der Waals surface area (Å²) in [5.74, 6) is 0.101. The van der Waals surface area contributed by atoms with Crippen molar-refractivity contribution >= 4 is 28.8 Å². The van der Waals surface area contributed by atoms with Gasteiger partial charge in [0, 0.05) is 23.9 Å². The SMILES string of the molecule is CCCCc1oc2c(C(=O)OC(C)C)cccc2c1C(=O)c1ccc(C=CCN(CCCC)CCCC)cc1. The zero-order chi connectivity index (χ0) is 28.2. The van der Waals surface area contributed by atoms with Gasteiger partial charge in [-0.25, -0.2) is 4.79 Å². The molecule has 0 saturated heterocycles. The summed E-state index contributed by atoms with van der Waals surface area (Å²) in [7, 11) is 0. The largest absolute Gasteiger partial charge is 0.459 e. The van der Waals surface area contributed by atoms with E-state index in [0.717, 1.165) is 38.0 Å². The third-order valence-corrected chi connectivity index (χ3v) is 6.84. The van der Waals surface area contributed by atoms with Gasteiger partial charge in [-0.3, -0.25) is 9.69 Å². The van der Waals surface area contributed by atoms with Crippen LogP contribution in [0.25, 0.3) is 17.0 Å². The molecule has 5 nitrogen and oxygen atoms in total. The third-order valence-electron chi connectivity index (χ3n) is 6.84. The highest BCUT2D eigenvalue weighted by molar-refractivity contribution is 6.18. The van der Waals surface area contributed by atoms with E-state index in [9.17, 15) is 9.59 Å². The van der Waals surface area contributed by atoms with E-state index in [1.807, 2.05) is 44.2 Å². The van der Waals surface area contributed by atoms with Crippen molar-refractivity contribution in [3.63, 3.8) is 0 Å². The lowest BCUT2D eigenvalue weighted by Crippen LogP contribution is -2.26. The molecule has 0 aliphatic heterocycles. The number of aryl methyl sites for hydroxylation is 1. The Morgan fingerprint density at radius 1 is 0.923 bits per heavy atom. The van der Waals surface area contributed by atoms with Gasteiger partial charge in [-0.2, -0.15) is 0 Å². The number of ether oxygens (including phenoxy) is 1. The normalized spacial score (nSPS) is 11.8. The van der Waals surface area contributed by atoms with Crippen LogP contribution in [0.5, 0.6) is 0 Å². The Bertz CT molecular complexity index is 1230. The second-order valence-corrected chi connectivity index (χ2v) is 10.5. The van der Waals surface area contributed by atoms with E-state index < -0.39 is 5.97 Å². The maximum Gasteiger partial charge on any atom is 0.342 e. The molecule has 3 aromatic rings. The minimum Gasteiger partial charge on any atom is -0.459 e. The van der Waals surface area contributed by atoms with Crippen LogP contribution in [0.2, 0.25) is 0 Å². The number of hydrogen-bond donors (Lipinski definition) is 0. The minimum absolute atomic E-state index is 0.0879. The average Bonchev–Trinajstić information content (AvgIpc) is 3.31. The number of rotatable bonds is 16. The monoisotopic (exact) mass is 531 g/mol. The summed E-state index contributed by atoms with van der Waals surface area (Å²) in [5.41, 5.74) is 3.00. The van der Waals surface area contributed by atoms with Gasteiger partial charge in [0.05, 0.1) is 11.7 Å². The lowest BCUT2D eigenvalue weighted by atomic mass is 9.97. The molecule has 210 valence electrons. The Kier molecular flexibility index (Phi) is 12.0. The van der Waals surface area contributed by atoms with Crippen molar-refractivity contribution in [2.24, 2.45) is 0 Å². The molecule has 39 heavy (non-hydrogen) atoms. The number of carbonyl (C=O) groups excluding carboxylic acids is 2. The number of esters is 1. The van der Waals surface area contributed by atoms with Gasteiger partial charge in [0.15, 0.2) is 5.78 Å². The molecule has 3 rings (SSSR count). The van der Waals surface area contributed by atoms with Crippen LogP contribution in [-0.2, 0) is 11.2 Å². The van der Waals surface area contributed by atoms with Crippen LogP contribution in [0.15, 0.2) is 53.0 Å². The number of hydrogen-bond acceptors (Lipinski definition) is 5. The molecule has 0 saturated carbocycles. The number of benzene rings is 2. The quantitative estimate of drug-likeness (QED) is 0.137. The maximum atomic E-state index is 13.8. The summed E-state index contributed by atoms with van der Waals surface area (Å²) < 4.78 is 11.6. The van der Waals surface area contributed by atoms with Crippen molar-refractivity contribution in [2.45, 2.75) is 85.7 Å². The van der Waals surface area contributed by atoms with E-state index in [4.69, 9.17) is 9.15 Å². The van der Waals surface area contributed by atoms with Crippen molar-refractivity contribution in [2.75, 3.05) is 19.6 Å². The second kappa shape index (κ2) is 15.4. The van der Waals surface area contributed by atoms with Crippen LogP contribution in [-0.4, -0.2) is 42.4 Å². The van der Waals surface area contributed by atoms with Crippen LogP contribution in [0, 0.1) is 0 Å². The van der Waals surface area contributed by atoms with E-state index >= 15 is 0 Å². The number of unbranched alkanes of at least 4 members (excludes halogenated alkanes) is 3. The fraction of sp³-hybridized carbons (Fsp3) is 0.471. The van der Waals surface area contributed by atoms with Crippen LogP contribution < -0.4 is 0 Å². The molecule has 1 heterocycles. The van der Waals surface area contributed by atoms with E-state index in [1.54, 1.807) is 12.1 Å². The highest BCUT2D eigenvalue weighted by Gasteiger charge is 2.25. The minimum atomic E-state index is -0.440. The zero-order valence-corrected chi connectivity index (χ0v) is 24.4. The van der Waals surface area contributed by atoms with Crippen LogP contribution in [0.1, 0.15) is 111 Å². The Morgan fingerprint density at radius 2 is 1.59 bits per heavy atom. The molecule has 0 fully saturated rings. The summed E-state index contributed by atoms with van der Waals surface area (Å²) in [4.78, 5) is 29.0. The van der Waals surface area contributed by atoms with E-state index in [1.165, 1.54) is 25.7 Å². The fourth-order valence-corrected chi connectivity index (χ4v) is 4.65. The van der Waals surface area contributed by atoms with Gasteiger partial charge in [0.25, 0.3) is 0 Å². The average molecular weight is 532 g/mol. The van der Waals surface area contributed by atoms with Gasteiger partial charge in [0.1, 0.15) is 16.9 Å². The number of furan rings is 1. The van der Waals surface area contributed by atoms with Crippen LogP contribution in [0.4, 0.5) is 0 Å². The number of para-hydroxylation sites is 1. The van der Waals surface area contributed by atoms with E-state index in [-0.39, 0.29) is 11.9 Å². The molecule has 0 radical (unpaired) electrons. The Morgan fingerprint density at radius 3 is 2.21 bits per heavy atom. The van der Waals surface area contributed by atoms with Crippen molar-refractivity contribution in [1.29, 1.82) is 0 Å². The first-order valence-electron chi connectivity index (χ1n) is 14.7. The number of fused-ring (bicyclic) bond motifs is 1. The van der Waals surface area contributed by atoms with E-state index in [2.05, 4.69) is 37.8 Å². The first kappa shape index (κ1) is 30.4. The molecule has 0 aliphatic carbocycles. The molecular formula is C34H45NO4. The summed E-state index contributed by atoms with van der Waals surface area (Å²) in [6.45, 7) is 13.4. The molecule has 0 unspecified atom stereocenters. The van der Waals surface area contributed by atoms with Gasteiger partial charge >= 0.3 is 5.97 Å². The second-order valence-electron chi connectivity index (χ2n) is 10.5. The van der Waals surface area contributed by atoms with Gasteiger partial charge in [-0.15, -0.1) is 0 Å². The molecular weight excluding hydrogens is 486 g/mol. The first-order chi connectivity index (χ1) is 18.9. The van der Waals surface area contributed by atoms with Crippen molar-refractivity contribution in [3.8, 4) is 0 Å². The summed E-state index contributed by atoms with van der Waals surface area (Å²) in [6.07, 6.45) is 11.5. The summed E-state index contributed by atoms with van der Waals surface area (Å²) in [6, 6.07) is 13.1. The van der Waals surface area contributed by atoms with E-state index in [0.29, 0.717) is 39.8 Å². The standard InChI is InChI=1S/C34H45NO4/c1-6-9-17-30-31(28-15-12-16-29(33(28)39-30)34(37)38-25(4)5)32(36)27-20-18-26(19-21-27)14-13-24-35(22-10-7-2)23-11-8-3/h12-16,18-21,25H,6-11,17,22-24H2,1-5H3. The van der Waals surface area contributed by atoms with Crippen molar-refractivity contribution < 1.29 is 18.7 Å².